The third-order valence-electron chi connectivity index (χ3n) is 5.65. The highest BCUT2D eigenvalue weighted by molar-refractivity contribution is 7.17. The highest BCUT2D eigenvalue weighted by atomic mass is 32.1. The van der Waals surface area contributed by atoms with Gasteiger partial charge in [0.2, 0.25) is 5.95 Å². The van der Waals surface area contributed by atoms with Gasteiger partial charge in [0.25, 0.3) is 0 Å². The maximum Gasteiger partial charge on any atom is 0.243 e. The van der Waals surface area contributed by atoms with Crippen molar-refractivity contribution in [2.75, 3.05) is 31.6 Å². The van der Waals surface area contributed by atoms with Crippen LogP contribution in [0.2, 0.25) is 0 Å². The van der Waals surface area contributed by atoms with Gasteiger partial charge in [-0.2, -0.15) is 0 Å². The number of phenolic OH excluding ortho intramolecular Hbond substituents is 1. The number of anilines is 1. The number of nitrogens with one attached hydrogen (secondary N) is 1. The van der Waals surface area contributed by atoms with Crippen LogP contribution in [0.5, 0.6) is 5.75 Å². The summed E-state index contributed by atoms with van der Waals surface area (Å²) in [6.45, 7) is 5.71. The van der Waals surface area contributed by atoms with Crippen LogP contribution in [0.1, 0.15) is 18.5 Å². The van der Waals surface area contributed by atoms with E-state index in [2.05, 4.69) is 25.4 Å². The molecular weight excluding hydrogens is 374 g/mol. The van der Waals surface area contributed by atoms with Crippen LogP contribution in [-0.4, -0.2) is 63.6 Å². The highest BCUT2D eigenvalue weighted by Gasteiger charge is 2.30. The van der Waals surface area contributed by atoms with Crippen molar-refractivity contribution in [3.8, 4) is 17.0 Å². The molecule has 2 aromatic heterocycles. The maximum atomic E-state index is 10.6. The number of hydrogen-bond donors (Lipinski definition) is 2. The average molecular weight is 398 g/mol. The predicted octanol–water partition coefficient (Wildman–Crippen LogP) is 3.04. The third kappa shape index (κ3) is 3.21. The predicted molar refractivity (Wildman–Crippen MR) is 110 cm³/mol. The standard InChI is InChI=1S/C20H23N5O2S/c1-12-18(16-4-5-17-15(19(16)26)6-8-28-17)23-24-20(21-12)22-13-3-2-7-25(9-13)14-10-27-11-14/h4-6,8,13-14,26H,2-3,7,9-11H2,1H3,(H,21,22,24)/t13-/m1/s1. The fourth-order valence-corrected chi connectivity index (χ4v) is 4.80. The van der Waals surface area contributed by atoms with Gasteiger partial charge >= 0.3 is 0 Å². The summed E-state index contributed by atoms with van der Waals surface area (Å²) in [6, 6.07) is 6.69. The molecule has 7 nitrogen and oxygen atoms in total. The first-order chi connectivity index (χ1) is 13.7. The second kappa shape index (κ2) is 7.27. The number of piperidine rings is 1. The van der Waals surface area contributed by atoms with E-state index >= 15 is 0 Å². The number of aryl methyl sites for hydroxylation is 1. The first-order valence-electron chi connectivity index (χ1n) is 9.68. The van der Waals surface area contributed by atoms with Gasteiger partial charge in [0.15, 0.2) is 0 Å². The molecule has 0 radical (unpaired) electrons. The third-order valence-corrected chi connectivity index (χ3v) is 6.53. The van der Waals surface area contributed by atoms with Gasteiger partial charge in [-0.3, -0.25) is 4.90 Å². The lowest BCUT2D eigenvalue weighted by Gasteiger charge is -2.42. The highest BCUT2D eigenvalue weighted by Crippen LogP contribution is 2.37. The van der Waals surface area contributed by atoms with Crippen molar-refractivity contribution in [2.24, 2.45) is 0 Å². The number of aromatic nitrogens is 3. The Kier molecular flexibility index (Phi) is 4.62. The number of rotatable bonds is 4. The second-order valence-corrected chi connectivity index (χ2v) is 8.48. The molecule has 0 bridgehead atoms. The Bertz CT molecular complexity index is 1000. The van der Waals surface area contributed by atoms with Crippen molar-refractivity contribution in [3.63, 3.8) is 0 Å². The lowest BCUT2D eigenvalue weighted by Crippen LogP contribution is -2.54. The van der Waals surface area contributed by atoms with E-state index in [1.165, 1.54) is 0 Å². The minimum atomic E-state index is 0.240. The normalized spacial score (nSPS) is 21.0. The topological polar surface area (TPSA) is 83.4 Å². The van der Waals surface area contributed by atoms with E-state index in [4.69, 9.17) is 4.74 Å². The quantitative estimate of drug-likeness (QED) is 0.700. The molecule has 0 unspecified atom stereocenters. The number of fused-ring (bicyclic) bond motifs is 1. The van der Waals surface area contributed by atoms with Crippen molar-refractivity contribution in [1.82, 2.24) is 20.1 Å². The molecule has 2 fully saturated rings. The van der Waals surface area contributed by atoms with E-state index in [1.807, 2.05) is 30.5 Å². The molecule has 2 saturated heterocycles. The Morgan fingerprint density at radius 3 is 2.93 bits per heavy atom. The number of ether oxygens (including phenoxy) is 1. The van der Waals surface area contributed by atoms with Crippen LogP contribution in [0.3, 0.4) is 0 Å². The molecular formula is C20H23N5O2S. The molecule has 2 aliphatic rings. The van der Waals surface area contributed by atoms with Crippen molar-refractivity contribution < 1.29 is 9.84 Å². The fourth-order valence-electron chi connectivity index (χ4n) is 4.01. The molecule has 0 amide bonds. The summed E-state index contributed by atoms with van der Waals surface area (Å²) in [5.74, 6) is 0.790. The summed E-state index contributed by atoms with van der Waals surface area (Å²) in [4.78, 5) is 7.11. The second-order valence-electron chi connectivity index (χ2n) is 7.53. The van der Waals surface area contributed by atoms with Crippen LogP contribution in [0, 0.1) is 6.92 Å². The zero-order valence-corrected chi connectivity index (χ0v) is 16.6. The van der Waals surface area contributed by atoms with Crippen LogP contribution < -0.4 is 5.32 Å². The van der Waals surface area contributed by atoms with E-state index < -0.39 is 0 Å². The molecule has 1 atom stereocenters. The Balaban J connectivity index is 1.35. The SMILES string of the molecule is Cc1nc(N[C@@H]2CCCN(C3COC3)C2)nnc1-c1ccc2sccc2c1O. The molecule has 5 rings (SSSR count). The average Bonchev–Trinajstić information content (AvgIpc) is 3.12. The van der Waals surface area contributed by atoms with Gasteiger partial charge in [-0.1, -0.05) is 0 Å². The van der Waals surface area contributed by atoms with E-state index in [9.17, 15) is 5.11 Å². The Labute approximate surface area is 167 Å². The minimum Gasteiger partial charge on any atom is -0.507 e. The minimum absolute atomic E-state index is 0.240. The molecule has 4 heterocycles. The van der Waals surface area contributed by atoms with Gasteiger partial charge < -0.3 is 15.2 Å². The van der Waals surface area contributed by atoms with Gasteiger partial charge in [0.05, 0.1) is 24.9 Å². The first-order valence-corrected chi connectivity index (χ1v) is 10.6. The number of aromatic hydroxyl groups is 1. The summed E-state index contributed by atoms with van der Waals surface area (Å²) in [5.41, 5.74) is 2.04. The lowest BCUT2D eigenvalue weighted by molar-refractivity contribution is -0.0710. The molecule has 3 aromatic rings. The number of likely N-dealkylation sites (tertiary alicyclic amines) is 1. The summed E-state index contributed by atoms with van der Waals surface area (Å²) in [7, 11) is 0. The zero-order valence-electron chi connectivity index (χ0n) is 15.8. The number of thiophene rings is 1. The first kappa shape index (κ1) is 17.8. The fraction of sp³-hybridized carbons (Fsp3) is 0.450. The smallest absolute Gasteiger partial charge is 0.243 e. The van der Waals surface area contributed by atoms with Crippen molar-refractivity contribution >= 4 is 27.4 Å². The number of nitrogens with zero attached hydrogens (tertiary/aromatic N) is 4. The van der Waals surface area contributed by atoms with E-state index in [-0.39, 0.29) is 5.75 Å². The van der Waals surface area contributed by atoms with E-state index in [1.54, 1.807) is 11.3 Å². The number of phenols is 1. The van der Waals surface area contributed by atoms with Crippen LogP contribution >= 0.6 is 11.3 Å². The monoisotopic (exact) mass is 397 g/mol. The van der Waals surface area contributed by atoms with Gasteiger partial charge in [-0.15, -0.1) is 21.5 Å². The summed E-state index contributed by atoms with van der Waals surface area (Å²) in [5, 5.41) is 25.6. The molecule has 2 N–H and O–H groups in total. The zero-order chi connectivity index (χ0) is 19.1. The molecule has 0 spiro atoms. The van der Waals surface area contributed by atoms with Crippen LogP contribution in [0.25, 0.3) is 21.3 Å². The van der Waals surface area contributed by atoms with E-state index in [0.29, 0.717) is 29.3 Å². The summed E-state index contributed by atoms with van der Waals surface area (Å²) < 4.78 is 6.38. The lowest BCUT2D eigenvalue weighted by atomic mass is 10.0. The number of hydrogen-bond acceptors (Lipinski definition) is 8. The Morgan fingerprint density at radius 2 is 2.14 bits per heavy atom. The molecule has 1 aromatic carbocycles. The van der Waals surface area contributed by atoms with Crippen molar-refractivity contribution in [3.05, 3.63) is 29.3 Å². The van der Waals surface area contributed by atoms with Gasteiger partial charge in [-0.05, 0) is 49.9 Å². The Hall–Kier alpha value is -2.29. The van der Waals surface area contributed by atoms with Crippen LogP contribution in [-0.2, 0) is 4.74 Å². The van der Waals surface area contributed by atoms with Crippen molar-refractivity contribution in [2.45, 2.75) is 31.8 Å². The molecule has 28 heavy (non-hydrogen) atoms. The van der Waals surface area contributed by atoms with Gasteiger partial charge in [0, 0.05) is 28.2 Å². The maximum absolute atomic E-state index is 10.6. The molecule has 8 heteroatoms. The molecule has 2 aliphatic heterocycles. The van der Waals surface area contributed by atoms with E-state index in [0.717, 1.165) is 54.9 Å². The summed E-state index contributed by atoms with van der Waals surface area (Å²) in [6.07, 6.45) is 2.26. The molecule has 0 saturated carbocycles. The largest absolute Gasteiger partial charge is 0.507 e. The molecule has 0 aliphatic carbocycles. The van der Waals surface area contributed by atoms with Gasteiger partial charge in [0.1, 0.15) is 11.4 Å². The van der Waals surface area contributed by atoms with Crippen LogP contribution in [0.4, 0.5) is 5.95 Å². The molecule has 146 valence electrons. The van der Waals surface area contributed by atoms with Crippen LogP contribution in [0.15, 0.2) is 23.6 Å². The van der Waals surface area contributed by atoms with Crippen molar-refractivity contribution in [1.29, 1.82) is 0 Å². The van der Waals surface area contributed by atoms with Gasteiger partial charge in [-0.25, -0.2) is 4.98 Å². The Morgan fingerprint density at radius 1 is 1.25 bits per heavy atom. The summed E-state index contributed by atoms with van der Waals surface area (Å²) >= 11 is 1.61. The number of benzene rings is 1.